The number of ether oxygens (including phenoxy) is 2. The number of nitrogens with two attached hydrogens (primary N) is 1. The first-order chi connectivity index (χ1) is 8.58. The number of nitrogens with zero attached hydrogens (tertiary/aromatic N) is 4. The van der Waals surface area contributed by atoms with Crippen LogP contribution in [0.1, 0.15) is 20.1 Å². The van der Waals surface area contributed by atoms with Crippen molar-refractivity contribution in [1.29, 1.82) is 0 Å². The summed E-state index contributed by atoms with van der Waals surface area (Å²) in [6.07, 6.45) is 1.50. The van der Waals surface area contributed by atoms with Crippen LogP contribution in [0, 0.1) is 5.92 Å². The number of anilines is 1. The Labute approximate surface area is 105 Å². The van der Waals surface area contributed by atoms with E-state index in [-0.39, 0.29) is 18.1 Å². The molecule has 7 nitrogen and oxygen atoms in total. The number of aromatic nitrogens is 4. The largest absolute Gasteiger partial charge is 0.479 e. The Balaban J connectivity index is 2.63. The first-order valence-electron chi connectivity index (χ1n) is 5.65. The van der Waals surface area contributed by atoms with E-state index in [1.54, 1.807) is 13.4 Å². The van der Waals surface area contributed by atoms with E-state index in [2.05, 4.69) is 28.8 Å². The fourth-order valence-electron chi connectivity index (χ4n) is 1.94. The van der Waals surface area contributed by atoms with Crippen LogP contribution < -0.4 is 10.5 Å². The Morgan fingerprint density at radius 1 is 1.28 bits per heavy atom. The molecule has 0 radical (unpaired) electrons. The van der Waals surface area contributed by atoms with Crippen molar-refractivity contribution in [1.82, 2.24) is 19.5 Å². The number of rotatable bonds is 4. The van der Waals surface area contributed by atoms with Gasteiger partial charge in [0.05, 0.1) is 13.4 Å². The molecular weight excluding hydrogens is 234 g/mol. The maximum absolute atomic E-state index is 5.66. The van der Waals surface area contributed by atoms with Crippen LogP contribution >= 0.6 is 0 Å². The average molecular weight is 251 g/mol. The van der Waals surface area contributed by atoms with Gasteiger partial charge >= 0.3 is 0 Å². The van der Waals surface area contributed by atoms with Gasteiger partial charge in [-0.2, -0.15) is 9.97 Å². The lowest BCUT2D eigenvalue weighted by Crippen LogP contribution is -2.17. The summed E-state index contributed by atoms with van der Waals surface area (Å²) in [5.74, 6) is 0.796. The van der Waals surface area contributed by atoms with Gasteiger partial charge < -0.3 is 15.2 Å². The Morgan fingerprint density at radius 3 is 2.56 bits per heavy atom. The molecule has 1 unspecified atom stereocenters. The molecule has 1 atom stereocenters. The van der Waals surface area contributed by atoms with Gasteiger partial charge in [0.1, 0.15) is 6.23 Å². The highest BCUT2D eigenvalue weighted by Gasteiger charge is 2.20. The highest BCUT2D eigenvalue weighted by Crippen LogP contribution is 2.27. The van der Waals surface area contributed by atoms with E-state index in [0.717, 1.165) is 0 Å². The standard InChI is InChI=1S/C11H17N5O2/c1-6(2)10(18-4)16-5-13-7-8(16)14-11(12)15-9(7)17-3/h5-6,10H,1-4H3,(H2,12,14,15). The van der Waals surface area contributed by atoms with Crippen molar-refractivity contribution in [3.8, 4) is 5.88 Å². The number of hydrogen-bond acceptors (Lipinski definition) is 6. The minimum Gasteiger partial charge on any atom is -0.479 e. The van der Waals surface area contributed by atoms with Crippen LogP contribution in [-0.4, -0.2) is 33.7 Å². The summed E-state index contributed by atoms with van der Waals surface area (Å²) in [5, 5.41) is 0. The maximum Gasteiger partial charge on any atom is 0.246 e. The van der Waals surface area contributed by atoms with E-state index in [9.17, 15) is 0 Å². The Morgan fingerprint density at radius 2 is 2.00 bits per heavy atom. The topological polar surface area (TPSA) is 88.1 Å². The van der Waals surface area contributed by atoms with Gasteiger partial charge in [-0.25, -0.2) is 4.98 Å². The number of methoxy groups -OCH3 is 2. The number of hydrogen-bond donors (Lipinski definition) is 1. The summed E-state index contributed by atoms with van der Waals surface area (Å²) >= 11 is 0. The molecule has 0 bridgehead atoms. The van der Waals surface area contributed by atoms with E-state index in [1.165, 1.54) is 7.11 Å². The zero-order valence-electron chi connectivity index (χ0n) is 10.9. The Bertz CT molecular complexity index is 552. The van der Waals surface area contributed by atoms with Gasteiger partial charge in [0, 0.05) is 7.11 Å². The van der Waals surface area contributed by atoms with Crippen LogP contribution in [0.4, 0.5) is 5.95 Å². The first-order valence-corrected chi connectivity index (χ1v) is 5.65. The molecule has 0 aromatic carbocycles. The first kappa shape index (κ1) is 12.6. The van der Waals surface area contributed by atoms with Crippen LogP contribution in [0.15, 0.2) is 6.33 Å². The van der Waals surface area contributed by atoms with Crippen molar-refractivity contribution < 1.29 is 9.47 Å². The number of fused-ring (bicyclic) bond motifs is 1. The van der Waals surface area contributed by atoms with Gasteiger partial charge in [-0.05, 0) is 5.92 Å². The third-order valence-electron chi connectivity index (χ3n) is 2.69. The van der Waals surface area contributed by atoms with Crippen LogP contribution in [-0.2, 0) is 4.74 Å². The molecule has 0 aliphatic rings. The molecule has 0 aliphatic heterocycles. The molecule has 0 saturated heterocycles. The monoisotopic (exact) mass is 251 g/mol. The van der Waals surface area contributed by atoms with Crippen LogP contribution in [0.25, 0.3) is 11.2 Å². The normalized spacial score (nSPS) is 13.2. The lowest BCUT2D eigenvalue weighted by molar-refractivity contribution is 0.00917. The summed E-state index contributed by atoms with van der Waals surface area (Å²) in [5.41, 5.74) is 6.85. The van der Waals surface area contributed by atoms with Gasteiger partial charge in [0.25, 0.3) is 0 Å². The van der Waals surface area contributed by atoms with Gasteiger partial charge in [-0.15, -0.1) is 0 Å². The minimum absolute atomic E-state index is 0.153. The van der Waals surface area contributed by atoms with Crippen molar-refractivity contribution in [2.45, 2.75) is 20.1 Å². The smallest absolute Gasteiger partial charge is 0.246 e. The molecule has 2 aromatic heterocycles. The van der Waals surface area contributed by atoms with E-state index in [0.29, 0.717) is 17.0 Å². The lowest BCUT2D eigenvalue weighted by atomic mass is 10.2. The van der Waals surface area contributed by atoms with E-state index >= 15 is 0 Å². The average Bonchev–Trinajstić information content (AvgIpc) is 2.72. The van der Waals surface area contributed by atoms with E-state index in [1.807, 2.05) is 4.57 Å². The fourth-order valence-corrected chi connectivity index (χ4v) is 1.94. The maximum atomic E-state index is 5.66. The second kappa shape index (κ2) is 4.77. The van der Waals surface area contributed by atoms with Crippen molar-refractivity contribution in [3.05, 3.63) is 6.33 Å². The van der Waals surface area contributed by atoms with Crippen LogP contribution in [0.2, 0.25) is 0 Å². The molecule has 0 saturated carbocycles. The summed E-state index contributed by atoms with van der Waals surface area (Å²) in [6, 6.07) is 0. The molecule has 2 heterocycles. The summed E-state index contributed by atoms with van der Waals surface area (Å²) < 4.78 is 12.4. The zero-order chi connectivity index (χ0) is 13.3. The van der Waals surface area contributed by atoms with Crippen LogP contribution in [0.5, 0.6) is 5.88 Å². The molecule has 0 fully saturated rings. The fraction of sp³-hybridized carbons (Fsp3) is 0.545. The SMILES string of the molecule is COc1nc(N)nc2c1ncn2C(OC)C(C)C. The third-order valence-corrected chi connectivity index (χ3v) is 2.69. The van der Waals surface area contributed by atoms with E-state index in [4.69, 9.17) is 15.2 Å². The van der Waals surface area contributed by atoms with Crippen LogP contribution in [0.3, 0.4) is 0 Å². The molecule has 2 N–H and O–H groups in total. The van der Waals surface area contributed by atoms with Crippen molar-refractivity contribution in [2.24, 2.45) is 5.92 Å². The summed E-state index contributed by atoms with van der Waals surface area (Å²) in [7, 11) is 3.18. The van der Waals surface area contributed by atoms with Crippen molar-refractivity contribution in [2.75, 3.05) is 20.0 Å². The van der Waals surface area contributed by atoms with E-state index < -0.39 is 0 Å². The highest BCUT2D eigenvalue weighted by atomic mass is 16.5. The summed E-state index contributed by atoms with van der Waals surface area (Å²) in [6.45, 7) is 4.11. The van der Waals surface area contributed by atoms with Gasteiger partial charge in [0.15, 0.2) is 11.2 Å². The van der Waals surface area contributed by atoms with Gasteiger partial charge in [-0.1, -0.05) is 13.8 Å². The summed E-state index contributed by atoms with van der Waals surface area (Å²) in [4.78, 5) is 12.5. The molecule has 2 rings (SSSR count). The third kappa shape index (κ3) is 1.97. The highest BCUT2D eigenvalue weighted by molar-refractivity contribution is 5.77. The molecule has 98 valence electrons. The Hall–Kier alpha value is -1.89. The Kier molecular flexibility index (Phi) is 3.33. The molecule has 18 heavy (non-hydrogen) atoms. The minimum atomic E-state index is -0.158. The lowest BCUT2D eigenvalue weighted by Gasteiger charge is -2.20. The predicted molar refractivity (Wildman–Crippen MR) is 67.2 cm³/mol. The molecule has 0 aliphatic carbocycles. The van der Waals surface area contributed by atoms with Crippen molar-refractivity contribution in [3.63, 3.8) is 0 Å². The molecular formula is C11H17N5O2. The predicted octanol–water partition coefficient (Wildman–Crippen LogP) is 1.22. The molecule has 0 spiro atoms. The van der Waals surface area contributed by atoms with Crippen molar-refractivity contribution >= 4 is 17.1 Å². The second-order valence-electron chi connectivity index (χ2n) is 4.29. The molecule has 0 amide bonds. The molecule has 2 aromatic rings. The zero-order valence-corrected chi connectivity index (χ0v) is 10.9. The number of nitrogen functional groups attached to an aromatic ring is 1. The number of imidazole rings is 1. The second-order valence-corrected chi connectivity index (χ2v) is 4.29. The molecule has 7 heteroatoms. The van der Waals surface area contributed by atoms with Gasteiger partial charge in [-0.3, -0.25) is 4.57 Å². The van der Waals surface area contributed by atoms with Gasteiger partial charge in [0.2, 0.25) is 11.8 Å². The quantitative estimate of drug-likeness (QED) is 0.878.